The molecule has 0 saturated heterocycles. The number of aryl methyl sites for hydroxylation is 1. The van der Waals surface area contributed by atoms with E-state index in [0.717, 1.165) is 11.6 Å². The van der Waals surface area contributed by atoms with E-state index in [1.54, 1.807) is 38.3 Å². The number of nitrogens with zero attached hydrogens (tertiary/aromatic N) is 3. The van der Waals surface area contributed by atoms with Crippen LogP contribution in [0.25, 0.3) is 11.5 Å². The Bertz CT molecular complexity index is 1050. The van der Waals surface area contributed by atoms with Crippen LogP contribution in [-0.2, 0) is 16.6 Å². The van der Waals surface area contributed by atoms with Gasteiger partial charge in [-0.05, 0) is 35.9 Å². The highest BCUT2D eigenvalue weighted by atomic mass is 32.2. The third kappa shape index (κ3) is 3.99. The van der Waals surface area contributed by atoms with Crippen molar-refractivity contribution in [1.29, 1.82) is 0 Å². The summed E-state index contributed by atoms with van der Waals surface area (Å²) in [5.74, 6) is 0.229. The monoisotopic (exact) mass is 391 g/mol. The Morgan fingerprint density at radius 3 is 2.44 bits per heavy atom. The summed E-state index contributed by atoms with van der Waals surface area (Å²) in [4.78, 5) is -0.0641. The second kappa shape index (κ2) is 7.45. The fourth-order valence-electron chi connectivity index (χ4n) is 2.49. The molecule has 0 aliphatic heterocycles. The molecular weight excluding hydrogens is 373 g/mol. The molecule has 0 bridgehead atoms. The Labute approximate surface area is 156 Å². The first-order valence-electron chi connectivity index (χ1n) is 8.00. The Hall–Kier alpha value is -2.78. The van der Waals surface area contributed by atoms with Gasteiger partial charge in [0.1, 0.15) is 11.6 Å². The van der Waals surface area contributed by atoms with Crippen molar-refractivity contribution in [3.63, 3.8) is 0 Å². The summed E-state index contributed by atoms with van der Waals surface area (Å²) in [6.45, 7) is 1.72. The zero-order valence-corrected chi connectivity index (χ0v) is 15.8. The number of hydrogen-bond donors (Lipinski definition) is 0. The number of methoxy groups -OCH3 is 1. The summed E-state index contributed by atoms with van der Waals surface area (Å²) < 4.78 is 51.4. The van der Waals surface area contributed by atoms with Crippen LogP contribution in [0.4, 0.5) is 4.39 Å². The smallest absolute Gasteiger partial charge is 0.250 e. The maximum atomic E-state index is 14.1. The lowest BCUT2D eigenvalue weighted by atomic mass is 10.2. The van der Waals surface area contributed by atoms with Gasteiger partial charge in [0.15, 0.2) is 0 Å². The number of halogens is 1. The summed E-state index contributed by atoms with van der Waals surface area (Å²) in [6.07, 6.45) is 0. The Morgan fingerprint density at radius 2 is 1.85 bits per heavy atom. The van der Waals surface area contributed by atoms with E-state index in [-0.39, 0.29) is 28.8 Å². The summed E-state index contributed by atoms with van der Waals surface area (Å²) in [6, 6.07) is 10.5. The second-order valence-electron chi connectivity index (χ2n) is 5.88. The third-order valence-corrected chi connectivity index (χ3v) is 5.77. The van der Waals surface area contributed by atoms with E-state index in [9.17, 15) is 12.8 Å². The lowest BCUT2D eigenvalue weighted by Gasteiger charge is -2.18. The van der Waals surface area contributed by atoms with Crippen molar-refractivity contribution in [2.24, 2.45) is 0 Å². The standard InChI is InChI=1S/C18H18FN3O4S/c1-12-20-21-18(26-12)16-10-15(8-9-17(16)19)27(23,24)22(2)11-13-4-6-14(25-3)7-5-13/h4-10H,11H2,1-3H3. The summed E-state index contributed by atoms with van der Waals surface area (Å²) in [5.41, 5.74) is 0.728. The molecule has 0 saturated carbocycles. The molecule has 142 valence electrons. The van der Waals surface area contributed by atoms with Gasteiger partial charge in [-0.3, -0.25) is 0 Å². The molecule has 0 spiro atoms. The molecule has 3 rings (SSSR count). The summed E-state index contributed by atoms with van der Waals surface area (Å²) in [5, 5.41) is 7.40. The van der Waals surface area contributed by atoms with Gasteiger partial charge in [-0.1, -0.05) is 12.1 Å². The molecule has 0 aliphatic carbocycles. The van der Waals surface area contributed by atoms with Crippen LogP contribution >= 0.6 is 0 Å². The fraction of sp³-hybridized carbons (Fsp3) is 0.222. The van der Waals surface area contributed by atoms with Gasteiger partial charge in [0.2, 0.25) is 15.9 Å². The molecule has 0 unspecified atom stereocenters. The largest absolute Gasteiger partial charge is 0.497 e. The van der Waals surface area contributed by atoms with Gasteiger partial charge in [0.05, 0.1) is 17.6 Å². The average Bonchev–Trinajstić information content (AvgIpc) is 3.08. The lowest BCUT2D eigenvalue weighted by Crippen LogP contribution is -2.26. The molecule has 3 aromatic rings. The number of aromatic nitrogens is 2. The van der Waals surface area contributed by atoms with Crippen LogP contribution in [-0.4, -0.2) is 37.1 Å². The van der Waals surface area contributed by atoms with Crippen molar-refractivity contribution in [1.82, 2.24) is 14.5 Å². The summed E-state index contributed by atoms with van der Waals surface area (Å²) in [7, 11) is -0.832. The number of rotatable bonds is 6. The molecule has 1 heterocycles. The molecule has 1 aromatic heterocycles. The Morgan fingerprint density at radius 1 is 1.15 bits per heavy atom. The van der Waals surface area contributed by atoms with Gasteiger partial charge in [-0.25, -0.2) is 12.8 Å². The van der Waals surface area contributed by atoms with E-state index >= 15 is 0 Å². The SMILES string of the molecule is COc1ccc(CN(C)S(=O)(=O)c2ccc(F)c(-c3nnc(C)o3)c2)cc1. The van der Waals surface area contributed by atoms with E-state index < -0.39 is 15.8 Å². The second-order valence-corrected chi connectivity index (χ2v) is 7.92. The summed E-state index contributed by atoms with van der Waals surface area (Å²) >= 11 is 0. The molecule has 0 radical (unpaired) electrons. The van der Waals surface area contributed by atoms with Crippen molar-refractivity contribution < 1.29 is 22.0 Å². The van der Waals surface area contributed by atoms with Gasteiger partial charge in [-0.15, -0.1) is 10.2 Å². The zero-order valence-electron chi connectivity index (χ0n) is 15.0. The van der Waals surface area contributed by atoms with Gasteiger partial charge in [0.25, 0.3) is 5.89 Å². The van der Waals surface area contributed by atoms with E-state index in [2.05, 4.69) is 10.2 Å². The van der Waals surface area contributed by atoms with Crippen molar-refractivity contribution in [2.45, 2.75) is 18.4 Å². The molecule has 9 heteroatoms. The van der Waals surface area contributed by atoms with Gasteiger partial charge >= 0.3 is 0 Å². The lowest BCUT2D eigenvalue weighted by molar-refractivity contribution is 0.414. The van der Waals surface area contributed by atoms with Crippen molar-refractivity contribution in [3.8, 4) is 17.2 Å². The van der Waals surface area contributed by atoms with Gasteiger partial charge in [-0.2, -0.15) is 4.31 Å². The van der Waals surface area contributed by atoms with Crippen LogP contribution in [0.3, 0.4) is 0 Å². The minimum absolute atomic E-state index is 0.0606. The van der Waals surface area contributed by atoms with E-state index in [0.29, 0.717) is 5.75 Å². The first-order chi connectivity index (χ1) is 12.8. The predicted molar refractivity (Wildman–Crippen MR) is 96.1 cm³/mol. The number of ether oxygens (including phenoxy) is 1. The quantitative estimate of drug-likeness (QED) is 0.642. The Balaban J connectivity index is 1.89. The molecule has 0 atom stereocenters. The normalized spacial score (nSPS) is 11.7. The third-order valence-electron chi connectivity index (χ3n) is 3.97. The molecule has 27 heavy (non-hydrogen) atoms. The van der Waals surface area contributed by atoms with E-state index in [1.807, 2.05) is 0 Å². The molecular formula is C18H18FN3O4S. The zero-order chi connectivity index (χ0) is 19.6. The molecule has 0 N–H and O–H groups in total. The van der Waals surface area contributed by atoms with Crippen molar-refractivity contribution >= 4 is 10.0 Å². The molecule has 7 nitrogen and oxygen atoms in total. The van der Waals surface area contributed by atoms with Gasteiger partial charge < -0.3 is 9.15 Å². The maximum absolute atomic E-state index is 14.1. The predicted octanol–water partition coefficient (Wildman–Crippen LogP) is 3.01. The van der Waals surface area contributed by atoms with Crippen LogP contribution in [0, 0.1) is 12.7 Å². The fourth-order valence-corrected chi connectivity index (χ4v) is 3.67. The first kappa shape index (κ1) is 19.0. The van der Waals surface area contributed by atoms with Crippen LogP contribution in [0.1, 0.15) is 11.5 Å². The van der Waals surface area contributed by atoms with Crippen LogP contribution in [0.2, 0.25) is 0 Å². The Kier molecular flexibility index (Phi) is 5.24. The highest BCUT2D eigenvalue weighted by molar-refractivity contribution is 7.89. The van der Waals surface area contributed by atoms with E-state index in [4.69, 9.17) is 9.15 Å². The molecule has 0 amide bonds. The van der Waals surface area contributed by atoms with Crippen LogP contribution in [0.5, 0.6) is 5.75 Å². The average molecular weight is 391 g/mol. The maximum Gasteiger partial charge on any atom is 0.250 e. The number of sulfonamides is 1. The van der Waals surface area contributed by atoms with Crippen LogP contribution in [0.15, 0.2) is 51.8 Å². The first-order valence-corrected chi connectivity index (χ1v) is 9.44. The highest BCUT2D eigenvalue weighted by Gasteiger charge is 2.24. The molecule has 0 fully saturated rings. The molecule has 2 aromatic carbocycles. The highest BCUT2D eigenvalue weighted by Crippen LogP contribution is 2.26. The number of benzene rings is 2. The van der Waals surface area contributed by atoms with E-state index in [1.165, 1.54) is 23.5 Å². The van der Waals surface area contributed by atoms with Crippen molar-refractivity contribution in [2.75, 3.05) is 14.2 Å². The number of hydrogen-bond acceptors (Lipinski definition) is 6. The topological polar surface area (TPSA) is 85.5 Å². The minimum atomic E-state index is -3.85. The van der Waals surface area contributed by atoms with Gasteiger partial charge in [0, 0.05) is 20.5 Å². The van der Waals surface area contributed by atoms with Crippen molar-refractivity contribution in [3.05, 3.63) is 59.7 Å². The molecule has 0 aliphatic rings. The minimum Gasteiger partial charge on any atom is -0.497 e. The van der Waals surface area contributed by atoms with Crippen LogP contribution < -0.4 is 4.74 Å².